The van der Waals surface area contributed by atoms with Crippen molar-refractivity contribution in [3.63, 3.8) is 0 Å². The summed E-state index contributed by atoms with van der Waals surface area (Å²) < 4.78 is 24.5. The van der Waals surface area contributed by atoms with Crippen LogP contribution < -0.4 is 14.8 Å². The van der Waals surface area contributed by atoms with Gasteiger partial charge in [0.05, 0.1) is 19.9 Å². The van der Waals surface area contributed by atoms with Crippen LogP contribution in [0.4, 0.5) is 9.52 Å². The fourth-order valence-electron chi connectivity index (χ4n) is 3.11. The summed E-state index contributed by atoms with van der Waals surface area (Å²) in [5.74, 6) is 0.471. The summed E-state index contributed by atoms with van der Waals surface area (Å²) in [6, 6.07) is 11.7. The number of benzene rings is 2. The largest absolute Gasteiger partial charge is 0.493 e. The number of hydrogen-bond acceptors (Lipinski definition) is 5. The number of carbonyl (C=O) groups excluding carboxylic acids is 1. The van der Waals surface area contributed by atoms with Crippen LogP contribution in [-0.2, 0) is 0 Å². The number of rotatable bonds is 5. The Morgan fingerprint density at radius 3 is 2.66 bits per heavy atom. The zero-order valence-corrected chi connectivity index (χ0v) is 16.8. The molecule has 0 unspecified atom stereocenters. The van der Waals surface area contributed by atoms with Gasteiger partial charge in [-0.25, -0.2) is 9.37 Å². The first-order valence-corrected chi connectivity index (χ1v) is 9.60. The Morgan fingerprint density at radius 2 is 1.93 bits per heavy atom. The van der Waals surface area contributed by atoms with E-state index in [1.165, 1.54) is 23.5 Å². The Balaban J connectivity index is 1.60. The van der Waals surface area contributed by atoms with Gasteiger partial charge in [-0.3, -0.25) is 10.1 Å². The first-order chi connectivity index (χ1) is 14.0. The van der Waals surface area contributed by atoms with Crippen molar-refractivity contribution >= 4 is 33.3 Å². The molecule has 1 amide bonds. The molecule has 0 bridgehead atoms. The summed E-state index contributed by atoms with van der Waals surface area (Å²) in [7, 11) is 3.15. The second-order valence-corrected chi connectivity index (χ2v) is 7.53. The first kappa shape index (κ1) is 18.9. The molecule has 0 saturated carbocycles. The van der Waals surface area contributed by atoms with Gasteiger partial charge >= 0.3 is 0 Å². The lowest BCUT2D eigenvalue weighted by Gasteiger charge is -2.08. The number of H-pyrrole nitrogens is 1. The van der Waals surface area contributed by atoms with Crippen LogP contribution in [0.3, 0.4) is 0 Å². The van der Waals surface area contributed by atoms with Gasteiger partial charge in [-0.2, -0.15) is 0 Å². The monoisotopic (exact) mass is 411 g/mol. The van der Waals surface area contributed by atoms with Crippen LogP contribution in [0.25, 0.3) is 22.2 Å². The maximum absolute atomic E-state index is 13.9. The number of ether oxygens (including phenoxy) is 2. The molecule has 2 aromatic heterocycles. The SMILES string of the molecule is COc1ccc(-c2nc(NC(=O)c3cc4c(F)cccc4[nH]3)sc2C)cc1OC. The molecule has 8 heteroatoms. The van der Waals surface area contributed by atoms with E-state index in [4.69, 9.17) is 9.47 Å². The van der Waals surface area contributed by atoms with Gasteiger partial charge in [0.25, 0.3) is 5.91 Å². The third kappa shape index (κ3) is 3.54. The van der Waals surface area contributed by atoms with Crippen molar-refractivity contribution in [3.05, 3.63) is 58.9 Å². The predicted molar refractivity (Wildman–Crippen MR) is 112 cm³/mol. The number of hydrogen-bond donors (Lipinski definition) is 2. The van der Waals surface area contributed by atoms with E-state index < -0.39 is 0 Å². The van der Waals surface area contributed by atoms with Gasteiger partial charge < -0.3 is 14.5 Å². The van der Waals surface area contributed by atoms with Crippen LogP contribution >= 0.6 is 11.3 Å². The van der Waals surface area contributed by atoms with Gasteiger partial charge in [0.2, 0.25) is 0 Å². The van der Waals surface area contributed by atoms with E-state index in [0.717, 1.165) is 16.1 Å². The zero-order chi connectivity index (χ0) is 20.5. The summed E-state index contributed by atoms with van der Waals surface area (Å²) in [4.78, 5) is 21.0. The van der Waals surface area contributed by atoms with Crippen molar-refractivity contribution in [2.24, 2.45) is 0 Å². The van der Waals surface area contributed by atoms with E-state index in [0.29, 0.717) is 27.5 Å². The van der Waals surface area contributed by atoms with Gasteiger partial charge in [0, 0.05) is 21.3 Å². The molecule has 2 N–H and O–H groups in total. The summed E-state index contributed by atoms with van der Waals surface area (Å²) in [6.07, 6.45) is 0. The molecule has 0 saturated heterocycles. The number of nitrogens with zero attached hydrogens (tertiary/aromatic N) is 1. The molecule has 2 heterocycles. The average Bonchev–Trinajstić information content (AvgIpc) is 3.32. The third-order valence-corrected chi connectivity index (χ3v) is 5.42. The lowest BCUT2D eigenvalue weighted by molar-refractivity contribution is 0.102. The van der Waals surface area contributed by atoms with E-state index >= 15 is 0 Å². The quantitative estimate of drug-likeness (QED) is 0.484. The summed E-state index contributed by atoms with van der Waals surface area (Å²) in [6.45, 7) is 1.93. The molecule has 2 aromatic carbocycles. The number of aromatic nitrogens is 2. The smallest absolute Gasteiger partial charge is 0.273 e. The minimum atomic E-state index is -0.381. The molecule has 4 aromatic rings. The number of anilines is 1. The first-order valence-electron chi connectivity index (χ1n) is 8.78. The number of thiazole rings is 1. The Labute approximate surface area is 170 Å². The highest BCUT2D eigenvalue weighted by Gasteiger charge is 2.17. The third-order valence-electron chi connectivity index (χ3n) is 4.53. The Bertz CT molecular complexity index is 1220. The predicted octanol–water partition coefficient (Wildman–Crippen LogP) is 5.01. The van der Waals surface area contributed by atoms with E-state index in [1.807, 2.05) is 25.1 Å². The van der Waals surface area contributed by atoms with Crippen molar-refractivity contribution in [1.82, 2.24) is 9.97 Å². The topological polar surface area (TPSA) is 76.2 Å². The van der Waals surface area contributed by atoms with E-state index in [9.17, 15) is 9.18 Å². The van der Waals surface area contributed by atoms with Crippen LogP contribution in [0, 0.1) is 12.7 Å². The zero-order valence-electron chi connectivity index (χ0n) is 16.0. The molecule has 0 aliphatic heterocycles. The molecule has 0 radical (unpaired) electrons. The molecule has 0 fully saturated rings. The minimum absolute atomic E-state index is 0.269. The average molecular weight is 411 g/mol. The Hall–Kier alpha value is -3.39. The normalized spacial score (nSPS) is 10.9. The number of methoxy groups -OCH3 is 2. The fourth-order valence-corrected chi connectivity index (χ4v) is 3.94. The van der Waals surface area contributed by atoms with E-state index in [-0.39, 0.29) is 17.4 Å². The Morgan fingerprint density at radius 1 is 1.14 bits per heavy atom. The lowest BCUT2D eigenvalue weighted by atomic mass is 10.1. The van der Waals surface area contributed by atoms with Gasteiger partial charge in [-0.1, -0.05) is 6.07 Å². The summed E-state index contributed by atoms with van der Waals surface area (Å²) >= 11 is 1.36. The molecule has 29 heavy (non-hydrogen) atoms. The highest BCUT2D eigenvalue weighted by Crippen LogP contribution is 2.36. The number of aryl methyl sites for hydroxylation is 1. The van der Waals surface area contributed by atoms with Crippen LogP contribution in [0.1, 0.15) is 15.4 Å². The number of amides is 1. The minimum Gasteiger partial charge on any atom is -0.493 e. The molecule has 6 nitrogen and oxygen atoms in total. The summed E-state index contributed by atoms with van der Waals surface area (Å²) in [5, 5.41) is 3.61. The summed E-state index contributed by atoms with van der Waals surface area (Å²) in [5.41, 5.74) is 2.43. The maximum Gasteiger partial charge on any atom is 0.273 e. The second kappa shape index (κ2) is 7.56. The number of halogens is 1. The molecule has 0 aliphatic carbocycles. The van der Waals surface area contributed by atoms with Gasteiger partial charge in [-0.15, -0.1) is 11.3 Å². The van der Waals surface area contributed by atoms with Crippen molar-refractivity contribution < 1.29 is 18.7 Å². The van der Waals surface area contributed by atoms with Crippen LogP contribution in [0.2, 0.25) is 0 Å². The van der Waals surface area contributed by atoms with Crippen molar-refractivity contribution in [2.75, 3.05) is 19.5 Å². The number of fused-ring (bicyclic) bond motifs is 1. The maximum atomic E-state index is 13.9. The number of aromatic amines is 1. The molecule has 4 rings (SSSR count). The molecule has 148 valence electrons. The molecule has 0 atom stereocenters. The van der Waals surface area contributed by atoms with Gasteiger partial charge in [0.1, 0.15) is 11.5 Å². The van der Waals surface area contributed by atoms with Crippen molar-refractivity contribution in [2.45, 2.75) is 6.92 Å². The van der Waals surface area contributed by atoms with Crippen molar-refractivity contribution in [3.8, 4) is 22.8 Å². The lowest BCUT2D eigenvalue weighted by Crippen LogP contribution is -2.11. The standard InChI is InChI=1S/C21H18FN3O3S/c1-11-19(12-7-8-17(27-2)18(9-12)28-3)24-21(29-11)25-20(26)16-10-13-14(22)5-4-6-15(13)23-16/h4-10,23H,1-3H3,(H,24,25,26). The van der Waals surface area contributed by atoms with E-state index in [2.05, 4.69) is 15.3 Å². The highest BCUT2D eigenvalue weighted by molar-refractivity contribution is 7.16. The molecule has 0 aliphatic rings. The molecular formula is C21H18FN3O3S. The van der Waals surface area contributed by atoms with Crippen LogP contribution in [0.5, 0.6) is 11.5 Å². The van der Waals surface area contributed by atoms with Crippen LogP contribution in [0.15, 0.2) is 42.5 Å². The van der Waals surface area contributed by atoms with Crippen molar-refractivity contribution in [1.29, 1.82) is 0 Å². The van der Waals surface area contributed by atoms with Gasteiger partial charge in [0.15, 0.2) is 16.6 Å². The van der Waals surface area contributed by atoms with E-state index in [1.54, 1.807) is 26.4 Å². The second-order valence-electron chi connectivity index (χ2n) is 6.33. The van der Waals surface area contributed by atoms with Gasteiger partial charge in [-0.05, 0) is 43.3 Å². The number of carbonyl (C=O) groups is 1. The van der Waals surface area contributed by atoms with Crippen LogP contribution in [-0.4, -0.2) is 30.1 Å². The number of nitrogens with one attached hydrogen (secondary N) is 2. The highest BCUT2D eigenvalue weighted by atomic mass is 32.1. The Kier molecular flexibility index (Phi) is 4.94. The molecular weight excluding hydrogens is 393 g/mol. The fraction of sp³-hybridized carbons (Fsp3) is 0.143. The molecule has 0 spiro atoms.